The molecular weight excluding hydrogens is 361 g/mol. The van der Waals surface area contributed by atoms with Gasteiger partial charge in [0.05, 0.1) is 6.54 Å². The number of aromatic nitrogens is 2. The summed E-state index contributed by atoms with van der Waals surface area (Å²) in [6.45, 7) is 0.650. The minimum absolute atomic E-state index is 0.00518. The van der Waals surface area contributed by atoms with E-state index in [1.807, 2.05) is 4.90 Å². The molecule has 0 amide bonds. The van der Waals surface area contributed by atoms with Gasteiger partial charge in [0.2, 0.25) is 5.95 Å². The third kappa shape index (κ3) is 3.54. The summed E-state index contributed by atoms with van der Waals surface area (Å²) in [7, 11) is 0. The quantitative estimate of drug-likeness (QED) is 0.829. The van der Waals surface area contributed by atoms with Crippen molar-refractivity contribution in [1.29, 1.82) is 0 Å². The Morgan fingerprint density at radius 3 is 2.67 bits per heavy atom. The molecule has 0 aliphatic carbocycles. The van der Waals surface area contributed by atoms with Gasteiger partial charge in [0.1, 0.15) is 11.5 Å². The van der Waals surface area contributed by atoms with Gasteiger partial charge in [0.15, 0.2) is 0 Å². The van der Waals surface area contributed by atoms with Gasteiger partial charge in [-0.2, -0.15) is 4.39 Å². The zero-order valence-corrected chi connectivity index (χ0v) is 14.3. The maximum Gasteiger partial charge on any atom is 0.354 e. The predicted molar refractivity (Wildman–Crippen MR) is 91.9 cm³/mol. The Morgan fingerprint density at radius 2 is 1.96 bits per heavy atom. The summed E-state index contributed by atoms with van der Waals surface area (Å²) in [6, 6.07) is 4.45. The van der Waals surface area contributed by atoms with Crippen molar-refractivity contribution < 1.29 is 23.1 Å². The highest BCUT2D eigenvalue weighted by Gasteiger charge is 2.39. The van der Waals surface area contributed by atoms with Crippen molar-refractivity contribution in [2.45, 2.75) is 25.3 Å². The van der Waals surface area contributed by atoms with Crippen LogP contribution in [0.2, 0.25) is 0 Å². The van der Waals surface area contributed by atoms with Crippen molar-refractivity contribution in [3.63, 3.8) is 0 Å². The predicted octanol–water partition coefficient (Wildman–Crippen LogP) is 2.72. The molecule has 1 fully saturated rings. The monoisotopic (exact) mass is 378 g/mol. The van der Waals surface area contributed by atoms with E-state index in [0.717, 1.165) is 11.1 Å². The summed E-state index contributed by atoms with van der Waals surface area (Å²) < 4.78 is 41.0. The Labute approximate surface area is 153 Å². The Balaban J connectivity index is 1.58. The summed E-state index contributed by atoms with van der Waals surface area (Å²) >= 11 is 0. The van der Waals surface area contributed by atoms with E-state index in [9.17, 15) is 18.0 Å². The fourth-order valence-electron chi connectivity index (χ4n) is 3.52. The highest BCUT2D eigenvalue weighted by molar-refractivity contribution is 5.85. The molecule has 0 saturated carbocycles. The van der Waals surface area contributed by atoms with Gasteiger partial charge in [0, 0.05) is 50.1 Å². The lowest BCUT2D eigenvalue weighted by Crippen LogP contribution is -2.31. The first-order chi connectivity index (χ1) is 12.8. The maximum atomic E-state index is 14.0. The van der Waals surface area contributed by atoms with E-state index in [0.29, 0.717) is 25.2 Å². The largest absolute Gasteiger partial charge is 0.477 e. The van der Waals surface area contributed by atoms with E-state index >= 15 is 0 Å². The van der Waals surface area contributed by atoms with Crippen LogP contribution in [0.25, 0.3) is 0 Å². The van der Waals surface area contributed by atoms with Crippen LogP contribution in [0, 0.1) is 5.95 Å². The van der Waals surface area contributed by atoms with Crippen molar-refractivity contribution in [3.8, 4) is 0 Å². The zero-order chi connectivity index (χ0) is 19.2. The SMILES string of the molecule is O=C(O)c1cc2c(cn1)CN(c1cc(F)nc(N3CCC(F)(F)C3)c1)CC2. The molecule has 0 unspecified atom stereocenters. The number of hydrogen-bond donors (Lipinski definition) is 1. The summed E-state index contributed by atoms with van der Waals surface area (Å²) in [4.78, 5) is 22.0. The molecule has 0 aromatic carbocycles. The van der Waals surface area contributed by atoms with Gasteiger partial charge in [-0.15, -0.1) is 0 Å². The molecule has 1 saturated heterocycles. The fraction of sp³-hybridized carbons (Fsp3) is 0.389. The molecule has 6 nitrogen and oxygen atoms in total. The van der Waals surface area contributed by atoms with Crippen LogP contribution < -0.4 is 9.80 Å². The Kier molecular flexibility index (Phi) is 4.16. The van der Waals surface area contributed by atoms with Crippen LogP contribution in [-0.4, -0.2) is 46.6 Å². The van der Waals surface area contributed by atoms with Gasteiger partial charge >= 0.3 is 5.97 Å². The molecule has 2 aliphatic heterocycles. The lowest BCUT2D eigenvalue weighted by Gasteiger charge is -2.31. The molecule has 1 N–H and O–H groups in total. The minimum atomic E-state index is -2.79. The van der Waals surface area contributed by atoms with Gasteiger partial charge in [-0.3, -0.25) is 0 Å². The Morgan fingerprint density at radius 1 is 1.15 bits per heavy atom. The topological polar surface area (TPSA) is 69.6 Å². The highest BCUT2D eigenvalue weighted by Crippen LogP contribution is 2.33. The number of carboxylic acids is 1. The van der Waals surface area contributed by atoms with Crippen molar-refractivity contribution in [2.24, 2.45) is 0 Å². The number of hydrogen-bond acceptors (Lipinski definition) is 5. The van der Waals surface area contributed by atoms with Crippen LogP contribution in [0.4, 0.5) is 24.7 Å². The third-order valence-electron chi connectivity index (χ3n) is 4.94. The molecule has 27 heavy (non-hydrogen) atoms. The van der Waals surface area contributed by atoms with Crippen LogP contribution in [0.5, 0.6) is 0 Å². The zero-order valence-electron chi connectivity index (χ0n) is 14.3. The van der Waals surface area contributed by atoms with Gasteiger partial charge < -0.3 is 14.9 Å². The minimum Gasteiger partial charge on any atom is -0.477 e. The number of nitrogens with zero attached hydrogens (tertiary/aromatic N) is 4. The lowest BCUT2D eigenvalue weighted by molar-refractivity contribution is 0.0256. The van der Waals surface area contributed by atoms with Crippen LogP contribution >= 0.6 is 0 Å². The standard InChI is InChI=1S/C18H17F3N4O2/c19-15-6-13(7-16(23-15)25-4-2-18(20,21)10-25)24-3-1-11-5-14(17(26)27)22-8-12(11)9-24/h5-8H,1-4,9-10H2,(H,26,27). The summed E-state index contributed by atoms with van der Waals surface area (Å²) in [5.74, 6) is -4.38. The first-order valence-corrected chi connectivity index (χ1v) is 8.57. The molecule has 2 aliphatic rings. The average molecular weight is 378 g/mol. The van der Waals surface area contributed by atoms with Crippen molar-refractivity contribution in [1.82, 2.24) is 9.97 Å². The molecule has 0 atom stereocenters. The molecular formula is C18H17F3N4O2. The number of fused-ring (bicyclic) bond motifs is 1. The van der Waals surface area contributed by atoms with E-state index in [-0.39, 0.29) is 24.5 Å². The highest BCUT2D eigenvalue weighted by atomic mass is 19.3. The second-order valence-electron chi connectivity index (χ2n) is 6.85. The number of rotatable bonds is 3. The van der Waals surface area contributed by atoms with E-state index < -0.39 is 24.4 Å². The number of carbonyl (C=O) groups is 1. The smallest absolute Gasteiger partial charge is 0.354 e. The van der Waals surface area contributed by atoms with Crippen LogP contribution in [0.1, 0.15) is 28.0 Å². The summed E-state index contributed by atoms with van der Waals surface area (Å²) in [5.41, 5.74) is 2.31. The number of pyridine rings is 2. The van der Waals surface area contributed by atoms with E-state index in [2.05, 4.69) is 9.97 Å². The molecule has 0 radical (unpaired) electrons. The number of carboxylic acid groups (broad SMARTS) is 1. The van der Waals surface area contributed by atoms with E-state index in [4.69, 9.17) is 5.11 Å². The molecule has 142 valence electrons. The lowest BCUT2D eigenvalue weighted by atomic mass is 10.0. The molecule has 4 rings (SSSR count). The van der Waals surface area contributed by atoms with E-state index in [1.54, 1.807) is 12.1 Å². The number of alkyl halides is 2. The third-order valence-corrected chi connectivity index (χ3v) is 4.94. The molecule has 2 aromatic rings. The Hall–Kier alpha value is -2.84. The Bertz CT molecular complexity index is 906. The van der Waals surface area contributed by atoms with Gasteiger partial charge in [-0.05, 0) is 23.6 Å². The molecule has 4 heterocycles. The van der Waals surface area contributed by atoms with Gasteiger partial charge in [-0.1, -0.05) is 0 Å². The summed E-state index contributed by atoms with van der Waals surface area (Å²) in [5, 5.41) is 9.04. The van der Waals surface area contributed by atoms with Crippen molar-refractivity contribution in [3.05, 3.63) is 47.2 Å². The normalized spacial score (nSPS) is 18.5. The average Bonchev–Trinajstić information content (AvgIpc) is 3.00. The second-order valence-corrected chi connectivity index (χ2v) is 6.85. The maximum absolute atomic E-state index is 14.0. The van der Waals surface area contributed by atoms with Crippen molar-refractivity contribution in [2.75, 3.05) is 29.4 Å². The first-order valence-electron chi connectivity index (χ1n) is 8.57. The number of halogens is 3. The molecule has 2 aromatic heterocycles. The van der Waals surface area contributed by atoms with Crippen LogP contribution in [0.3, 0.4) is 0 Å². The van der Waals surface area contributed by atoms with Crippen molar-refractivity contribution >= 4 is 17.5 Å². The summed E-state index contributed by atoms with van der Waals surface area (Å²) in [6.07, 6.45) is 1.83. The van der Waals surface area contributed by atoms with Gasteiger partial charge in [0.25, 0.3) is 5.92 Å². The molecule has 0 bridgehead atoms. The molecule has 0 spiro atoms. The molecule has 9 heteroatoms. The van der Waals surface area contributed by atoms with Gasteiger partial charge in [-0.25, -0.2) is 23.5 Å². The fourth-order valence-corrected chi connectivity index (χ4v) is 3.52. The van der Waals surface area contributed by atoms with Crippen LogP contribution in [-0.2, 0) is 13.0 Å². The van der Waals surface area contributed by atoms with E-state index in [1.165, 1.54) is 17.2 Å². The van der Waals surface area contributed by atoms with Crippen LogP contribution in [0.15, 0.2) is 24.4 Å². The number of anilines is 2. The second kappa shape index (κ2) is 6.40. The number of aromatic carboxylic acids is 1. The first kappa shape index (κ1) is 17.6.